The Hall–Kier alpha value is -1.26. The number of guanidine groups is 1. The van der Waals surface area contributed by atoms with Crippen molar-refractivity contribution in [3.63, 3.8) is 0 Å². The number of likely N-dealkylation sites (tertiary alicyclic amines) is 1. The average molecular weight is 483 g/mol. The van der Waals surface area contributed by atoms with E-state index in [-0.39, 0.29) is 47.4 Å². The lowest BCUT2D eigenvalue weighted by atomic mass is 9.96. The number of aliphatic imine (C=N–C) groups is 1. The Bertz CT molecular complexity index is 472. The quantitative estimate of drug-likeness (QED) is 0.239. The van der Waals surface area contributed by atoms with Crippen LogP contribution < -0.4 is 16.0 Å². The molecule has 0 atom stereocenters. The van der Waals surface area contributed by atoms with Crippen LogP contribution in [0.4, 0.5) is 4.79 Å². The smallest absolute Gasteiger partial charge is 0.409 e. The van der Waals surface area contributed by atoms with E-state index < -0.39 is 0 Å². The molecular weight excluding hydrogens is 449 g/mol. The molecule has 0 aromatic rings. The summed E-state index contributed by atoms with van der Waals surface area (Å²) in [7, 11) is 1.72. The number of hydrogen-bond acceptors (Lipinski definition) is 4. The van der Waals surface area contributed by atoms with Crippen molar-refractivity contribution in [1.82, 2.24) is 20.9 Å². The zero-order valence-corrected chi connectivity index (χ0v) is 18.9. The number of ether oxygens (including phenoxy) is 1. The summed E-state index contributed by atoms with van der Waals surface area (Å²) < 4.78 is 5.02. The Morgan fingerprint density at radius 2 is 1.73 bits per heavy atom. The largest absolute Gasteiger partial charge is 0.450 e. The normalized spacial score (nSPS) is 15.7. The number of amides is 2. The van der Waals surface area contributed by atoms with Gasteiger partial charge in [-0.2, -0.15) is 0 Å². The highest BCUT2D eigenvalue weighted by molar-refractivity contribution is 14.0. The summed E-state index contributed by atoms with van der Waals surface area (Å²) in [6, 6.07) is 0.265. The van der Waals surface area contributed by atoms with Crippen LogP contribution in [0.15, 0.2) is 4.99 Å². The topological polar surface area (TPSA) is 95.1 Å². The number of halogens is 1. The third kappa shape index (κ3) is 8.91. The van der Waals surface area contributed by atoms with Gasteiger partial charge in [0, 0.05) is 44.7 Å². The minimum atomic E-state index is -0.382. The number of carbonyl (C=O) groups is 2. The zero-order chi connectivity index (χ0) is 18.9. The molecule has 2 amide bonds. The van der Waals surface area contributed by atoms with Crippen LogP contribution in [0, 0.1) is 5.41 Å². The summed E-state index contributed by atoms with van der Waals surface area (Å²) in [5.74, 6) is 0.739. The molecule has 1 fully saturated rings. The number of nitrogens with one attached hydrogen (secondary N) is 3. The zero-order valence-electron chi connectivity index (χ0n) is 16.6. The van der Waals surface area contributed by atoms with Gasteiger partial charge >= 0.3 is 6.09 Å². The number of carbonyl (C=O) groups excluding carboxylic acids is 2. The van der Waals surface area contributed by atoms with Gasteiger partial charge in [0.05, 0.1) is 6.61 Å². The summed E-state index contributed by atoms with van der Waals surface area (Å²) >= 11 is 0. The van der Waals surface area contributed by atoms with E-state index in [1.54, 1.807) is 11.9 Å². The van der Waals surface area contributed by atoms with Crippen molar-refractivity contribution in [2.75, 3.05) is 39.8 Å². The molecule has 0 saturated carbocycles. The summed E-state index contributed by atoms with van der Waals surface area (Å²) in [6.45, 7) is 10.4. The van der Waals surface area contributed by atoms with Gasteiger partial charge in [0.2, 0.25) is 5.91 Å². The number of hydrogen-bond donors (Lipinski definition) is 3. The molecular formula is C17H34IN5O3. The van der Waals surface area contributed by atoms with Crippen LogP contribution in [0.1, 0.15) is 40.5 Å². The minimum absolute atomic E-state index is 0. The van der Waals surface area contributed by atoms with Crippen LogP contribution in [0.2, 0.25) is 0 Å². The van der Waals surface area contributed by atoms with E-state index >= 15 is 0 Å². The molecule has 0 bridgehead atoms. The first-order valence-corrected chi connectivity index (χ1v) is 8.95. The maximum absolute atomic E-state index is 11.8. The first kappa shape index (κ1) is 24.7. The van der Waals surface area contributed by atoms with Crippen molar-refractivity contribution < 1.29 is 14.3 Å². The van der Waals surface area contributed by atoms with E-state index in [4.69, 9.17) is 4.74 Å². The van der Waals surface area contributed by atoms with E-state index in [9.17, 15) is 9.59 Å². The molecule has 9 heteroatoms. The molecule has 152 valence electrons. The fraction of sp³-hybridized carbons (Fsp3) is 0.824. The Morgan fingerprint density at radius 1 is 1.15 bits per heavy atom. The van der Waals surface area contributed by atoms with Gasteiger partial charge in [-0.1, -0.05) is 20.8 Å². The van der Waals surface area contributed by atoms with E-state index in [1.165, 1.54) is 0 Å². The Labute approximate surface area is 173 Å². The first-order chi connectivity index (χ1) is 11.8. The number of rotatable bonds is 5. The Balaban J connectivity index is 0.00000625. The van der Waals surface area contributed by atoms with E-state index in [1.807, 2.05) is 27.7 Å². The summed E-state index contributed by atoms with van der Waals surface area (Å²) in [5.41, 5.74) is -0.382. The first-order valence-electron chi connectivity index (χ1n) is 8.95. The predicted octanol–water partition coefficient (Wildman–Crippen LogP) is 1.55. The molecule has 1 rings (SSSR count). The number of nitrogens with zero attached hydrogens (tertiary/aromatic N) is 2. The van der Waals surface area contributed by atoms with Crippen LogP contribution in [-0.2, 0) is 9.53 Å². The van der Waals surface area contributed by atoms with Gasteiger partial charge in [0.1, 0.15) is 0 Å². The van der Waals surface area contributed by atoms with Crippen LogP contribution in [0.5, 0.6) is 0 Å². The van der Waals surface area contributed by atoms with E-state index in [0.717, 1.165) is 12.8 Å². The molecule has 0 radical (unpaired) electrons. The second-order valence-electron chi connectivity index (χ2n) is 7.11. The van der Waals surface area contributed by atoms with Gasteiger partial charge in [-0.3, -0.25) is 9.79 Å². The van der Waals surface area contributed by atoms with Crippen LogP contribution >= 0.6 is 24.0 Å². The summed E-state index contributed by atoms with van der Waals surface area (Å²) in [5, 5.41) is 9.45. The van der Waals surface area contributed by atoms with Crippen LogP contribution in [0.3, 0.4) is 0 Å². The van der Waals surface area contributed by atoms with Crippen molar-refractivity contribution >= 4 is 41.9 Å². The Kier molecular flexibility index (Phi) is 11.6. The fourth-order valence-electron chi connectivity index (χ4n) is 2.43. The third-order valence-corrected chi connectivity index (χ3v) is 3.97. The van der Waals surface area contributed by atoms with Crippen molar-refractivity contribution in [3.05, 3.63) is 0 Å². The van der Waals surface area contributed by atoms with Gasteiger partial charge in [0.15, 0.2) is 5.96 Å². The van der Waals surface area contributed by atoms with Gasteiger partial charge in [-0.25, -0.2) is 4.79 Å². The predicted molar refractivity (Wildman–Crippen MR) is 114 cm³/mol. The van der Waals surface area contributed by atoms with Crippen LogP contribution in [0.25, 0.3) is 0 Å². The average Bonchev–Trinajstić information content (AvgIpc) is 2.57. The lowest BCUT2D eigenvalue weighted by Crippen LogP contribution is -2.50. The van der Waals surface area contributed by atoms with E-state index in [2.05, 4.69) is 20.9 Å². The molecule has 0 unspecified atom stereocenters. The second-order valence-corrected chi connectivity index (χ2v) is 7.11. The van der Waals surface area contributed by atoms with Gasteiger partial charge in [-0.15, -0.1) is 24.0 Å². The van der Waals surface area contributed by atoms with Crippen LogP contribution in [-0.4, -0.2) is 68.7 Å². The fourth-order valence-corrected chi connectivity index (χ4v) is 2.43. The monoisotopic (exact) mass is 483 g/mol. The molecule has 1 aliphatic heterocycles. The molecule has 0 aromatic carbocycles. The Morgan fingerprint density at radius 3 is 2.23 bits per heavy atom. The SMILES string of the molecule is CCOC(=O)N1CCC(NC(=NC)NCCNC(=O)C(C)(C)C)CC1.I. The summed E-state index contributed by atoms with van der Waals surface area (Å²) in [4.78, 5) is 29.4. The molecule has 26 heavy (non-hydrogen) atoms. The molecule has 0 aliphatic carbocycles. The van der Waals surface area contributed by atoms with Gasteiger partial charge < -0.3 is 25.6 Å². The highest BCUT2D eigenvalue weighted by Gasteiger charge is 2.24. The standard InChI is InChI=1S/C17H33N5O3.HI/c1-6-25-16(24)22-11-7-13(8-12-22)21-15(18-5)20-10-9-19-14(23)17(2,3)4;/h13H,6-12H2,1-5H3,(H,19,23)(H2,18,20,21);1H. The van der Waals surface area contributed by atoms with Crippen molar-refractivity contribution in [1.29, 1.82) is 0 Å². The van der Waals surface area contributed by atoms with Gasteiger partial charge in [0.25, 0.3) is 0 Å². The van der Waals surface area contributed by atoms with E-state index in [0.29, 0.717) is 38.7 Å². The third-order valence-electron chi connectivity index (χ3n) is 3.97. The van der Waals surface area contributed by atoms with Crippen molar-refractivity contribution in [3.8, 4) is 0 Å². The molecule has 1 saturated heterocycles. The van der Waals surface area contributed by atoms with Crippen molar-refractivity contribution in [2.24, 2.45) is 10.4 Å². The highest BCUT2D eigenvalue weighted by atomic mass is 127. The molecule has 0 spiro atoms. The molecule has 8 nitrogen and oxygen atoms in total. The minimum Gasteiger partial charge on any atom is -0.450 e. The van der Waals surface area contributed by atoms with Crippen molar-refractivity contribution in [2.45, 2.75) is 46.6 Å². The molecule has 1 aliphatic rings. The lowest BCUT2D eigenvalue weighted by molar-refractivity contribution is -0.128. The maximum Gasteiger partial charge on any atom is 0.409 e. The molecule has 3 N–H and O–H groups in total. The second kappa shape index (κ2) is 12.2. The molecule has 1 heterocycles. The summed E-state index contributed by atoms with van der Waals surface area (Å²) in [6.07, 6.45) is 1.46. The lowest BCUT2D eigenvalue weighted by Gasteiger charge is -2.32. The number of piperidine rings is 1. The maximum atomic E-state index is 11.8. The van der Waals surface area contributed by atoms with Gasteiger partial charge in [-0.05, 0) is 19.8 Å². The highest BCUT2D eigenvalue weighted by Crippen LogP contribution is 2.12. The molecule has 0 aromatic heterocycles.